The van der Waals surface area contributed by atoms with Crippen molar-refractivity contribution in [3.05, 3.63) is 41.9 Å². The van der Waals surface area contributed by atoms with Crippen molar-refractivity contribution in [2.45, 2.75) is 19.3 Å². The van der Waals surface area contributed by atoms with Crippen LogP contribution in [0, 0.1) is 0 Å². The predicted molar refractivity (Wildman–Crippen MR) is 69.8 cm³/mol. The fourth-order valence-corrected chi connectivity index (χ4v) is 2.28. The van der Waals surface area contributed by atoms with E-state index >= 15 is 0 Å². The van der Waals surface area contributed by atoms with Crippen LogP contribution in [0.15, 0.2) is 36.3 Å². The van der Waals surface area contributed by atoms with E-state index in [1.165, 1.54) is 0 Å². The van der Waals surface area contributed by atoms with E-state index in [1.54, 1.807) is 4.90 Å². The second kappa shape index (κ2) is 7.31. The largest absolute Gasteiger partial charge is 1.00 e. The molecule has 0 saturated heterocycles. The van der Waals surface area contributed by atoms with E-state index in [4.69, 9.17) is 0 Å². The van der Waals surface area contributed by atoms with E-state index in [-0.39, 0.29) is 57.9 Å². The first-order valence-corrected chi connectivity index (χ1v) is 6.19. The zero-order chi connectivity index (χ0) is 13.2. The van der Waals surface area contributed by atoms with Gasteiger partial charge in [-0.15, -0.1) is 12.1 Å². The molecule has 6 heteroatoms. The standard InChI is InChI=1S/C13H16BF3N.K/c1-11(14(15,16)17)10-18-9-5-4-7-12-6-2-3-8-13(12)18;/h2-3,6,8H,1,4-5,7,9-10H2;/q-1;+1. The summed E-state index contributed by atoms with van der Waals surface area (Å²) in [6.07, 6.45) is 2.89. The monoisotopic (exact) mass is 293 g/mol. The molecule has 1 aliphatic heterocycles. The first-order valence-electron chi connectivity index (χ1n) is 6.19. The Morgan fingerprint density at radius 3 is 2.58 bits per heavy atom. The van der Waals surface area contributed by atoms with E-state index in [9.17, 15) is 12.9 Å². The Balaban J connectivity index is 0.00000180. The molecule has 0 bridgehead atoms. The molecule has 19 heavy (non-hydrogen) atoms. The molecule has 1 nitrogen and oxygen atoms in total. The van der Waals surface area contributed by atoms with Crippen LogP contribution in [0.25, 0.3) is 0 Å². The third-order valence-electron chi connectivity index (χ3n) is 3.31. The fraction of sp³-hybridized carbons (Fsp3) is 0.385. The van der Waals surface area contributed by atoms with E-state index < -0.39 is 12.4 Å². The molecule has 2 rings (SSSR count). The van der Waals surface area contributed by atoms with Crippen LogP contribution in [-0.4, -0.2) is 20.1 Å². The second-order valence-corrected chi connectivity index (χ2v) is 4.74. The normalized spacial score (nSPS) is 15.2. The van der Waals surface area contributed by atoms with Crippen LogP contribution >= 0.6 is 0 Å². The van der Waals surface area contributed by atoms with Gasteiger partial charge in [0.2, 0.25) is 0 Å². The summed E-state index contributed by atoms with van der Waals surface area (Å²) in [6, 6.07) is 7.70. The number of benzene rings is 1. The maximum Gasteiger partial charge on any atom is 1.00 e. The smallest absolute Gasteiger partial charge is 0.445 e. The average molecular weight is 293 g/mol. The summed E-state index contributed by atoms with van der Waals surface area (Å²) >= 11 is 0. The number of hydrogen-bond acceptors (Lipinski definition) is 1. The van der Waals surface area contributed by atoms with Crippen molar-refractivity contribution < 1.29 is 64.3 Å². The van der Waals surface area contributed by atoms with Crippen molar-refractivity contribution in [2.75, 3.05) is 18.0 Å². The van der Waals surface area contributed by atoms with Gasteiger partial charge in [-0.05, 0) is 30.9 Å². The molecule has 0 radical (unpaired) electrons. The molecule has 0 atom stereocenters. The predicted octanol–water partition coefficient (Wildman–Crippen LogP) is 0.776. The fourth-order valence-electron chi connectivity index (χ4n) is 2.28. The third-order valence-corrected chi connectivity index (χ3v) is 3.31. The maximum atomic E-state index is 12.6. The van der Waals surface area contributed by atoms with E-state index in [2.05, 4.69) is 6.58 Å². The number of hydrogen-bond donors (Lipinski definition) is 0. The van der Waals surface area contributed by atoms with E-state index in [0.29, 0.717) is 6.54 Å². The Bertz CT molecular complexity index is 448. The molecule has 1 aromatic carbocycles. The topological polar surface area (TPSA) is 3.24 Å². The van der Waals surface area contributed by atoms with Gasteiger partial charge in [-0.3, -0.25) is 0 Å². The minimum atomic E-state index is -4.94. The molecule has 0 fully saturated rings. The number of fused-ring (bicyclic) bond motifs is 1. The first kappa shape index (κ1) is 17.3. The number of para-hydroxylation sites is 1. The average Bonchev–Trinajstić information content (AvgIpc) is 2.51. The minimum absolute atomic E-state index is 0. The van der Waals surface area contributed by atoms with Crippen molar-refractivity contribution in [2.24, 2.45) is 0 Å². The Morgan fingerprint density at radius 2 is 1.89 bits per heavy atom. The van der Waals surface area contributed by atoms with Crippen LogP contribution in [0.4, 0.5) is 18.6 Å². The van der Waals surface area contributed by atoms with Gasteiger partial charge in [0, 0.05) is 18.8 Å². The van der Waals surface area contributed by atoms with E-state index in [0.717, 1.165) is 30.5 Å². The van der Waals surface area contributed by atoms with Crippen LogP contribution < -0.4 is 56.3 Å². The van der Waals surface area contributed by atoms with E-state index in [1.807, 2.05) is 24.3 Å². The van der Waals surface area contributed by atoms with Crippen LogP contribution in [-0.2, 0) is 6.42 Å². The Morgan fingerprint density at radius 1 is 1.21 bits per heavy atom. The number of rotatable bonds is 3. The number of nitrogens with zero attached hydrogens (tertiary/aromatic N) is 1. The van der Waals surface area contributed by atoms with Crippen molar-refractivity contribution in [3.63, 3.8) is 0 Å². The third kappa shape index (κ3) is 4.63. The molecule has 98 valence electrons. The molecule has 0 spiro atoms. The summed E-state index contributed by atoms with van der Waals surface area (Å²) in [5.74, 6) is 0. The summed E-state index contributed by atoms with van der Waals surface area (Å²) < 4.78 is 37.9. The molecule has 0 aromatic heterocycles. The number of halogens is 3. The van der Waals surface area contributed by atoms with Crippen LogP contribution in [0.5, 0.6) is 0 Å². The van der Waals surface area contributed by atoms with Crippen molar-refractivity contribution in [1.29, 1.82) is 0 Å². The molecule has 0 amide bonds. The number of aryl methyl sites for hydroxylation is 1. The summed E-state index contributed by atoms with van der Waals surface area (Å²) in [5.41, 5.74) is 1.44. The van der Waals surface area contributed by atoms with Gasteiger partial charge >= 0.3 is 58.4 Å². The van der Waals surface area contributed by atoms with Gasteiger partial charge in [-0.1, -0.05) is 18.2 Å². The van der Waals surface area contributed by atoms with Gasteiger partial charge in [-0.2, -0.15) is 0 Å². The summed E-state index contributed by atoms with van der Waals surface area (Å²) in [5, 5.41) is 0. The molecule has 0 N–H and O–H groups in total. The van der Waals surface area contributed by atoms with Crippen LogP contribution in [0.2, 0.25) is 0 Å². The number of anilines is 1. The molecule has 0 unspecified atom stereocenters. The zero-order valence-corrected chi connectivity index (χ0v) is 14.3. The van der Waals surface area contributed by atoms with Crippen LogP contribution in [0.3, 0.4) is 0 Å². The molecular weight excluding hydrogens is 277 g/mol. The molecule has 1 heterocycles. The zero-order valence-electron chi connectivity index (χ0n) is 11.2. The molecule has 0 aliphatic carbocycles. The van der Waals surface area contributed by atoms with Crippen molar-refractivity contribution in [1.82, 2.24) is 0 Å². The first-order chi connectivity index (χ1) is 8.48. The maximum absolute atomic E-state index is 12.6. The summed E-state index contributed by atoms with van der Waals surface area (Å²) in [7, 11) is 0. The molecule has 0 saturated carbocycles. The molecule has 1 aliphatic rings. The van der Waals surface area contributed by atoms with Gasteiger partial charge in [0.25, 0.3) is 0 Å². The SMILES string of the molecule is C=C(CN1CCCCc2ccccc21)[B-](F)(F)F.[K+]. The summed E-state index contributed by atoms with van der Waals surface area (Å²) in [4.78, 5) is 1.81. The van der Waals surface area contributed by atoms with Crippen LogP contribution in [0.1, 0.15) is 18.4 Å². The minimum Gasteiger partial charge on any atom is -0.445 e. The van der Waals surface area contributed by atoms with Crippen molar-refractivity contribution in [3.8, 4) is 0 Å². The second-order valence-electron chi connectivity index (χ2n) is 4.74. The molecular formula is C13H16BF3KN. The Hall–Kier alpha value is 0.251. The van der Waals surface area contributed by atoms with Gasteiger partial charge < -0.3 is 17.8 Å². The van der Waals surface area contributed by atoms with Gasteiger partial charge in [-0.25, -0.2) is 0 Å². The summed E-state index contributed by atoms with van der Waals surface area (Å²) in [6.45, 7) is -1.20. The quantitative estimate of drug-likeness (QED) is 0.744. The Labute approximate surface area is 154 Å². The van der Waals surface area contributed by atoms with Crippen molar-refractivity contribution >= 4 is 12.7 Å². The van der Waals surface area contributed by atoms with Gasteiger partial charge in [0.1, 0.15) is 0 Å². The molecule has 1 aromatic rings. The van der Waals surface area contributed by atoms with Gasteiger partial charge in [0.15, 0.2) is 0 Å². The van der Waals surface area contributed by atoms with Gasteiger partial charge in [0.05, 0.1) is 0 Å². The Kier molecular flexibility index (Phi) is 6.66.